The van der Waals surface area contributed by atoms with Crippen molar-refractivity contribution in [2.24, 2.45) is 5.92 Å². The molecule has 0 saturated heterocycles. The molecule has 0 radical (unpaired) electrons. The highest BCUT2D eigenvalue weighted by molar-refractivity contribution is 5.82. The molecule has 1 aromatic rings. The highest BCUT2D eigenvalue weighted by Gasteiger charge is 2.30. The van der Waals surface area contributed by atoms with E-state index in [-0.39, 0.29) is 23.9 Å². The van der Waals surface area contributed by atoms with Crippen molar-refractivity contribution in [3.05, 3.63) is 17.7 Å². The van der Waals surface area contributed by atoms with E-state index in [0.29, 0.717) is 25.8 Å². The quantitative estimate of drug-likeness (QED) is 0.636. The van der Waals surface area contributed by atoms with Gasteiger partial charge >= 0.3 is 5.97 Å². The molecule has 0 spiro atoms. The number of aromatic amines is 1. The van der Waals surface area contributed by atoms with Gasteiger partial charge in [0.25, 0.3) is 0 Å². The van der Waals surface area contributed by atoms with Crippen LogP contribution in [-0.2, 0) is 22.6 Å². The van der Waals surface area contributed by atoms with Crippen LogP contribution in [0.25, 0.3) is 0 Å². The molecule has 1 aliphatic heterocycles. The number of aliphatic carboxylic acids is 1. The van der Waals surface area contributed by atoms with Crippen molar-refractivity contribution in [2.75, 3.05) is 0 Å². The van der Waals surface area contributed by atoms with E-state index in [0.717, 1.165) is 24.2 Å². The van der Waals surface area contributed by atoms with Gasteiger partial charge in [-0.2, -0.15) is 0 Å². The lowest BCUT2D eigenvalue weighted by Crippen LogP contribution is -2.51. The van der Waals surface area contributed by atoms with E-state index < -0.39 is 5.97 Å². The summed E-state index contributed by atoms with van der Waals surface area (Å²) in [4.78, 5) is 30.5. The summed E-state index contributed by atoms with van der Waals surface area (Å²) in [5, 5.41) is 15.2. The summed E-state index contributed by atoms with van der Waals surface area (Å²) in [6.45, 7) is 0.624. The van der Waals surface area contributed by atoms with Crippen molar-refractivity contribution in [1.29, 1.82) is 0 Å². The molecule has 21 heavy (non-hydrogen) atoms. The molecule has 1 saturated carbocycles. The monoisotopic (exact) mass is 292 g/mol. The van der Waals surface area contributed by atoms with Crippen molar-refractivity contribution < 1.29 is 14.7 Å². The number of carbonyl (C=O) groups is 2. The minimum absolute atomic E-state index is 0.0116. The van der Waals surface area contributed by atoms with Gasteiger partial charge in [-0.25, -0.2) is 4.98 Å². The summed E-state index contributed by atoms with van der Waals surface area (Å²) in [6, 6.07) is -0.159. The topological polar surface area (TPSA) is 107 Å². The Morgan fingerprint density at radius 1 is 1.29 bits per heavy atom. The van der Waals surface area contributed by atoms with E-state index >= 15 is 0 Å². The van der Waals surface area contributed by atoms with Crippen LogP contribution >= 0.6 is 0 Å². The van der Waals surface area contributed by atoms with Crippen LogP contribution in [0.5, 0.6) is 0 Å². The molecule has 1 atom stereocenters. The third-order valence-corrected chi connectivity index (χ3v) is 4.47. The normalized spacial score (nSPS) is 28.7. The van der Waals surface area contributed by atoms with Crippen molar-refractivity contribution in [1.82, 2.24) is 20.6 Å². The smallest absolute Gasteiger partial charge is 0.306 e. The lowest BCUT2D eigenvalue weighted by atomic mass is 9.86. The number of carboxylic acid groups (broad SMARTS) is 1. The van der Waals surface area contributed by atoms with Gasteiger partial charge in [0.2, 0.25) is 5.91 Å². The summed E-state index contributed by atoms with van der Waals surface area (Å²) < 4.78 is 0. The van der Waals surface area contributed by atoms with Gasteiger partial charge in [-0.1, -0.05) is 0 Å². The van der Waals surface area contributed by atoms with Gasteiger partial charge in [-0.15, -0.1) is 0 Å². The molecule has 114 valence electrons. The molecule has 1 unspecified atom stereocenters. The molecule has 0 aromatic carbocycles. The zero-order valence-electron chi connectivity index (χ0n) is 11.8. The molecule has 2 heterocycles. The Hall–Kier alpha value is -1.89. The molecule has 7 heteroatoms. The Bertz CT molecular complexity index is 534. The molecular weight excluding hydrogens is 272 g/mol. The van der Waals surface area contributed by atoms with Crippen molar-refractivity contribution in [3.8, 4) is 0 Å². The van der Waals surface area contributed by atoms with Gasteiger partial charge in [0.1, 0.15) is 0 Å². The van der Waals surface area contributed by atoms with Crippen LogP contribution in [0.1, 0.15) is 37.1 Å². The Morgan fingerprint density at radius 2 is 2.05 bits per heavy atom. The molecule has 2 aliphatic rings. The predicted octanol–water partition coefficient (Wildman–Crippen LogP) is 0.184. The lowest BCUT2D eigenvalue weighted by Gasteiger charge is -2.29. The Morgan fingerprint density at radius 3 is 2.76 bits per heavy atom. The molecule has 4 N–H and O–H groups in total. The third kappa shape index (κ3) is 3.07. The Balaban J connectivity index is 1.50. The number of hydrogen-bond acceptors (Lipinski definition) is 4. The molecule has 1 aliphatic carbocycles. The number of aromatic nitrogens is 2. The van der Waals surface area contributed by atoms with Gasteiger partial charge in [0.15, 0.2) is 0 Å². The average molecular weight is 292 g/mol. The van der Waals surface area contributed by atoms with Gasteiger partial charge in [-0.05, 0) is 25.7 Å². The average Bonchev–Trinajstić information content (AvgIpc) is 2.95. The van der Waals surface area contributed by atoms with E-state index in [1.807, 2.05) is 0 Å². The number of rotatable bonds is 3. The number of nitrogens with zero attached hydrogens (tertiary/aromatic N) is 1. The van der Waals surface area contributed by atoms with Gasteiger partial charge in [0.05, 0.1) is 29.7 Å². The zero-order chi connectivity index (χ0) is 14.8. The first-order valence-corrected chi connectivity index (χ1v) is 7.41. The number of nitrogens with one attached hydrogen (secondary N) is 3. The molecule has 0 bridgehead atoms. The van der Waals surface area contributed by atoms with Crippen molar-refractivity contribution in [3.63, 3.8) is 0 Å². The number of hydrogen-bond donors (Lipinski definition) is 4. The minimum atomic E-state index is -0.722. The fraction of sp³-hybridized carbons (Fsp3) is 0.643. The largest absolute Gasteiger partial charge is 0.481 e. The molecule has 3 rings (SSSR count). The molecule has 1 aromatic heterocycles. The highest BCUT2D eigenvalue weighted by Crippen LogP contribution is 2.24. The number of H-pyrrole nitrogens is 1. The van der Waals surface area contributed by atoms with Gasteiger partial charge in [0, 0.05) is 19.0 Å². The van der Waals surface area contributed by atoms with Crippen LogP contribution in [-0.4, -0.2) is 39.0 Å². The van der Waals surface area contributed by atoms with Gasteiger partial charge < -0.3 is 15.4 Å². The fourth-order valence-electron chi connectivity index (χ4n) is 3.14. The minimum Gasteiger partial charge on any atom is -0.481 e. The van der Waals surface area contributed by atoms with E-state index in [4.69, 9.17) is 5.11 Å². The van der Waals surface area contributed by atoms with Crippen LogP contribution in [0.3, 0.4) is 0 Å². The second-order valence-corrected chi connectivity index (χ2v) is 5.86. The number of carbonyl (C=O) groups excluding carboxylic acids is 1. The Kier molecular flexibility index (Phi) is 3.92. The van der Waals surface area contributed by atoms with Crippen LogP contribution in [0.4, 0.5) is 0 Å². The number of fused-ring (bicyclic) bond motifs is 1. The SMILES string of the molecule is O=C(O)C1CCC(NC(=O)C2Cc3nc[nH]c3CN2)CC1. The van der Waals surface area contributed by atoms with Crippen molar-refractivity contribution >= 4 is 11.9 Å². The first kappa shape index (κ1) is 14.1. The fourth-order valence-corrected chi connectivity index (χ4v) is 3.14. The molecule has 1 fully saturated rings. The second-order valence-electron chi connectivity index (χ2n) is 5.86. The number of imidazole rings is 1. The van der Waals surface area contributed by atoms with Crippen LogP contribution in [0.15, 0.2) is 6.33 Å². The van der Waals surface area contributed by atoms with E-state index in [2.05, 4.69) is 20.6 Å². The van der Waals surface area contributed by atoms with E-state index in [1.165, 1.54) is 0 Å². The highest BCUT2D eigenvalue weighted by atomic mass is 16.4. The summed E-state index contributed by atoms with van der Waals surface area (Å²) in [7, 11) is 0. The predicted molar refractivity (Wildman–Crippen MR) is 74.4 cm³/mol. The third-order valence-electron chi connectivity index (χ3n) is 4.47. The first-order valence-electron chi connectivity index (χ1n) is 7.41. The van der Waals surface area contributed by atoms with Crippen LogP contribution < -0.4 is 10.6 Å². The lowest BCUT2D eigenvalue weighted by molar-refractivity contribution is -0.142. The van der Waals surface area contributed by atoms with Crippen LogP contribution in [0.2, 0.25) is 0 Å². The standard InChI is InChI=1S/C14H20N4O3/c19-13(11-5-10-12(6-15-11)17-7-16-10)18-9-3-1-8(2-4-9)14(20)21/h7-9,11,15H,1-6H2,(H,16,17)(H,18,19)(H,20,21). The number of carboxylic acids is 1. The van der Waals surface area contributed by atoms with Gasteiger partial charge in [-0.3, -0.25) is 14.9 Å². The first-order chi connectivity index (χ1) is 10.1. The molecule has 1 amide bonds. The zero-order valence-corrected chi connectivity index (χ0v) is 11.8. The summed E-state index contributed by atoms with van der Waals surface area (Å²) in [5.41, 5.74) is 1.99. The number of amides is 1. The maximum atomic E-state index is 12.3. The van der Waals surface area contributed by atoms with Crippen molar-refractivity contribution in [2.45, 2.75) is 50.7 Å². The maximum Gasteiger partial charge on any atom is 0.306 e. The summed E-state index contributed by atoms with van der Waals surface area (Å²) in [5.74, 6) is -0.986. The van der Waals surface area contributed by atoms with E-state index in [1.54, 1.807) is 6.33 Å². The second kappa shape index (κ2) is 5.85. The van der Waals surface area contributed by atoms with Crippen LogP contribution in [0, 0.1) is 5.92 Å². The Labute approximate surface area is 122 Å². The summed E-state index contributed by atoms with van der Waals surface area (Å²) in [6.07, 6.45) is 5.00. The molecule has 7 nitrogen and oxygen atoms in total. The summed E-state index contributed by atoms with van der Waals surface area (Å²) >= 11 is 0. The maximum absolute atomic E-state index is 12.3. The van der Waals surface area contributed by atoms with E-state index in [9.17, 15) is 9.59 Å². The molecular formula is C14H20N4O3.